The molecular weight excluding hydrogens is 422 g/mol. The first kappa shape index (κ1) is 20.9. The Labute approximate surface area is 181 Å². The zero-order valence-corrected chi connectivity index (χ0v) is 17.7. The normalized spacial score (nSPS) is 18.0. The number of ketones is 1. The van der Waals surface area contributed by atoms with Crippen molar-refractivity contribution in [2.24, 2.45) is 0 Å². The molecular formula is C20H21N5O5S. The van der Waals surface area contributed by atoms with Crippen LogP contribution in [0.25, 0.3) is 11.0 Å². The molecule has 0 aromatic carbocycles. The van der Waals surface area contributed by atoms with E-state index in [0.29, 0.717) is 48.5 Å². The van der Waals surface area contributed by atoms with Gasteiger partial charge in [0.15, 0.2) is 5.76 Å². The number of fused-ring (bicyclic) bond motifs is 1. The quantitative estimate of drug-likeness (QED) is 0.710. The summed E-state index contributed by atoms with van der Waals surface area (Å²) in [6.07, 6.45) is 6.13. The molecule has 1 fully saturated rings. The van der Waals surface area contributed by atoms with Crippen LogP contribution in [0.4, 0.5) is 5.82 Å². The highest BCUT2D eigenvalue weighted by atomic mass is 32.1. The first-order valence-electron chi connectivity index (χ1n) is 9.78. The molecule has 1 aliphatic heterocycles. The van der Waals surface area contributed by atoms with Crippen LogP contribution in [0.15, 0.2) is 34.4 Å². The largest absolute Gasteiger partial charge is 0.490 e. The lowest BCUT2D eigenvalue weighted by Crippen LogP contribution is -2.41. The van der Waals surface area contributed by atoms with Gasteiger partial charge in [-0.2, -0.15) is 14.6 Å². The van der Waals surface area contributed by atoms with Crippen LogP contribution in [0.5, 0.6) is 0 Å². The lowest BCUT2D eigenvalue weighted by atomic mass is 10.0. The fourth-order valence-electron chi connectivity index (χ4n) is 3.23. The van der Waals surface area contributed by atoms with Crippen LogP contribution < -0.4 is 11.3 Å². The van der Waals surface area contributed by atoms with Gasteiger partial charge in [0.2, 0.25) is 16.7 Å². The van der Waals surface area contributed by atoms with Gasteiger partial charge in [0.25, 0.3) is 5.56 Å². The number of allylic oxidation sites excluding steroid dienone is 4. The topological polar surface area (TPSA) is 129 Å². The lowest BCUT2D eigenvalue weighted by Gasteiger charge is -2.26. The third-order valence-electron chi connectivity index (χ3n) is 4.78. The average molecular weight is 443 g/mol. The highest BCUT2D eigenvalue weighted by molar-refractivity contribution is 7.16. The van der Waals surface area contributed by atoms with Gasteiger partial charge in [0.1, 0.15) is 10.8 Å². The summed E-state index contributed by atoms with van der Waals surface area (Å²) in [6.45, 7) is 4.27. The fourth-order valence-corrected chi connectivity index (χ4v) is 4.11. The Morgan fingerprint density at radius 3 is 2.84 bits per heavy atom. The molecule has 0 spiro atoms. The molecule has 2 N–H and O–H groups in total. The highest BCUT2D eigenvalue weighted by Gasteiger charge is 2.21. The van der Waals surface area contributed by atoms with E-state index in [1.807, 2.05) is 0 Å². The molecule has 1 amide bonds. The molecule has 1 aliphatic carbocycles. The van der Waals surface area contributed by atoms with Crippen molar-refractivity contribution < 1.29 is 19.1 Å². The number of nitrogens with two attached hydrogens (primary N) is 1. The summed E-state index contributed by atoms with van der Waals surface area (Å²) in [6, 6.07) is 0. The van der Waals surface area contributed by atoms with E-state index in [2.05, 4.69) is 10.1 Å². The van der Waals surface area contributed by atoms with Crippen molar-refractivity contribution in [2.75, 3.05) is 38.6 Å². The molecule has 2 aliphatic rings. The van der Waals surface area contributed by atoms with Crippen LogP contribution in [-0.2, 0) is 25.5 Å². The second kappa shape index (κ2) is 8.82. The third-order valence-corrected chi connectivity index (χ3v) is 5.69. The predicted octanol–water partition coefficient (Wildman–Crippen LogP) is 0.577. The third kappa shape index (κ3) is 4.42. The van der Waals surface area contributed by atoms with Gasteiger partial charge in [-0.15, -0.1) is 0 Å². The number of rotatable bonds is 5. The van der Waals surface area contributed by atoms with Gasteiger partial charge in [0, 0.05) is 13.1 Å². The van der Waals surface area contributed by atoms with Gasteiger partial charge in [-0.1, -0.05) is 17.4 Å². The van der Waals surface area contributed by atoms with Crippen LogP contribution in [0.3, 0.4) is 0 Å². The Bertz CT molecular complexity index is 1190. The zero-order valence-electron chi connectivity index (χ0n) is 16.9. The summed E-state index contributed by atoms with van der Waals surface area (Å²) in [4.78, 5) is 43.0. The Morgan fingerprint density at radius 2 is 2.10 bits per heavy atom. The summed E-state index contributed by atoms with van der Waals surface area (Å²) >= 11 is 1.15. The van der Waals surface area contributed by atoms with Gasteiger partial charge in [-0.3, -0.25) is 14.4 Å². The molecule has 3 heterocycles. The Hall–Kier alpha value is -3.31. The number of hydrogen-bond donors (Lipinski definition) is 1. The number of nitrogens with zero attached hydrogens (tertiary/aromatic N) is 4. The van der Waals surface area contributed by atoms with Crippen molar-refractivity contribution in [3.63, 3.8) is 0 Å². The van der Waals surface area contributed by atoms with Gasteiger partial charge in [-0.05, 0) is 30.7 Å². The molecule has 162 valence electrons. The second-order valence-corrected chi connectivity index (χ2v) is 7.90. The van der Waals surface area contributed by atoms with E-state index in [4.69, 9.17) is 15.2 Å². The second-order valence-electron chi connectivity index (χ2n) is 6.86. The number of amides is 1. The van der Waals surface area contributed by atoms with Crippen LogP contribution in [0.2, 0.25) is 0 Å². The van der Waals surface area contributed by atoms with Crippen molar-refractivity contribution in [3.05, 3.63) is 50.5 Å². The maximum absolute atomic E-state index is 12.6. The Kier molecular flexibility index (Phi) is 5.96. The molecule has 0 bridgehead atoms. The molecule has 4 rings (SSSR count). The molecule has 0 radical (unpaired) electrons. The van der Waals surface area contributed by atoms with Gasteiger partial charge in [-0.25, -0.2) is 0 Å². The van der Waals surface area contributed by atoms with E-state index in [-0.39, 0.29) is 35.3 Å². The van der Waals surface area contributed by atoms with E-state index in [1.54, 1.807) is 24.0 Å². The monoisotopic (exact) mass is 443 g/mol. The van der Waals surface area contributed by atoms with Crippen LogP contribution in [0.1, 0.15) is 17.5 Å². The van der Waals surface area contributed by atoms with Gasteiger partial charge >= 0.3 is 0 Å². The molecule has 1 saturated heterocycles. The summed E-state index contributed by atoms with van der Waals surface area (Å²) < 4.78 is 12.0. The van der Waals surface area contributed by atoms with Crippen molar-refractivity contribution in [1.29, 1.82) is 0 Å². The summed E-state index contributed by atoms with van der Waals surface area (Å²) in [5.74, 6) is 0.00479. The molecule has 10 nitrogen and oxygen atoms in total. The first-order chi connectivity index (χ1) is 15.0. The summed E-state index contributed by atoms with van der Waals surface area (Å²) in [7, 11) is 0. The average Bonchev–Trinajstić information content (AvgIpc) is 3.16. The molecule has 2 aromatic rings. The maximum atomic E-state index is 12.6. The fraction of sp³-hybridized carbons (Fsp3) is 0.350. The maximum Gasteiger partial charge on any atom is 0.283 e. The molecule has 2 aromatic heterocycles. The van der Waals surface area contributed by atoms with Crippen LogP contribution in [0, 0.1) is 0 Å². The minimum Gasteiger partial charge on any atom is -0.490 e. The van der Waals surface area contributed by atoms with Crippen molar-refractivity contribution in [1.82, 2.24) is 19.5 Å². The number of carbonyl (C=O) groups is 2. The van der Waals surface area contributed by atoms with E-state index in [9.17, 15) is 14.4 Å². The molecule has 11 heteroatoms. The predicted molar refractivity (Wildman–Crippen MR) is 114 cm³/mol. The molecule has 0 unspecified atom stereocenters. The number of aromatic nitrogens is 3. The highest BCUT2D eigenvalue weighted by Crippen LogP contribution is 2.21. The minimum atomic E-state index is -0.517. The van der Waals surface area contributed by atoms with Gasteiger partial charge in [0.05, 0.1) is 31.8 Å². The smallest absolute Gasteiger partial charge is 0.283 e. The van der Waals surface area contributed by atoms with E-state index >= 15 is 0 Å². The minimum absolute atomic E-state index is 0.0585. The number of nitrogen functional groups attached to an aromatic ring is 1. The molecule has 31 heavy (non-hydrogen) atoms. The number of ether oxygens (including phenoxy) is 2. The Balaban J connectivity index is 1.64. The van der Waals surface area contributed by atoms with Gasteiger partial charge < -0.3 is 20.1 Å². The molecule has 0 atom stereocenters. The van der Waals surface area contributed by atoms with E-state index in [0.717, 1.165) is 11.3 Å². The SMILES string of the molecule is CCOC1=CC(=Cc2c(N)n3nc(CC(=O)N4CCOCC4)sc3nc2=O)C=CC1=O. The van der Waals surface area contributed by atoms with Crippen LogP contribution in [-0.4, -0.2) is 64.1 Å². The lowest BCUT2D eigenvalue weighted by molar-refractivity contribution is -0.134. The first-order valence-corrected chi connectivity index (χ1v) is 10.6. The van der Waals surface area contributed by atoms with E-state index < -0.39 is 5.56 Å². The van der Waals surface area contributed by atoms with Crippen molar-refractivity contribution in [3.8, 4) is 0 Å². The van der Waals surface area contributed by atoms with Crippen molar-refractivity contribution >= 4 is 39.9 Å². The Morgan fingerprint density at radius 1 is 1.32 bits per heavy atom. The van der Waals surface area contributed by atoms with E-state index in [1.165, 1.54) is 16.7 Å². The van der Waals surface area contributed by atoms with Crippen molar-refractivity contribution in [2.45, 2.75) is 13.3 Å². The number of carbonyl (C=O) groups excluding carboxylic acids is 2. The zero-order chi connectivity index (χ0) is 22.0. The summed E-state index contributed by atoms with van der Waals surface area (Å²) in [5, 5.41) is 4.90. The number of morpholine rings is 1. The summed E-state index contributed by atoms with van der Waals surface area (Å²) in [5.41, 5.74) is 6.42. The standard InChI is InChI=1S/C20H21N5O5S/c1-2-30-15-10-12(3-4-14(15)26)9-13-18(21)25-20(22-19(13)28)31-16(23-25)11-17(27)24-5-7-29-8-6-24/h3-4,9-10H,2,5-8,11,21H2,1H3. The number of hydrogen-bond acceptors (Lipinski definition) is 9. The molecule has 0 saturated carbocycles. The van der Waals surface area contributed by atoms with Crippen LogP contribution >= 0.6 is 11.3 Å². The number of anilines is 1.